The van der Waals surface area contributed by atoms with Crippen molar-refractivity contribution in [3.63, 3.8) is 0 Å². The van der Waals surface area contributed by atoms with Crippen LogP contribution in [-0.2, 0) is 13.5 Å². The van der Waals surface area contributed by atoms with Crippen LogP contribution < -0.4 is 5.32 Å². The molecule has 1 aliphatic rings. The quantitative estimate of drug-likeness (QED) is 0.820. The van der Waals surface area contributed by atoms with Gasteiger partial charge in [0.25, 0.3) is 0 Å². The monoisotopic (exact) mass is 252 g/mol. The summed E-state index contributed by atoms with van der Waals surface area (Å²) in [6.07, 6.45) is 2.89. The first-order chi connectivity index (χ1) is 8.65. The largest absolute Gasteiger partial charge is 0.395 e. The Kier molecular flexibility index (Phi) is 3.86. The molecule has 1 heterocycles. The minimum atomic E-state index is -0.155. The fraction of sp³-hybridized carbons (Fsp3) is 0.667. The van der Waals surface area contributed by atoms with E-state index in [1.165, 1.54) is 0 Å². The van der Waals surface area contributed by atoms with E-state index >= 15 is 0 Å². The molecule has 0 atom stereocenters. The summed E-state index contributed by atoms with van der Waals surface area (Å²) >= 11 is 0. The van der Waals surface area contributed by atoms with Crippen LogP contribution in [0.5, 0.6) is 0 Å². The molecule has 2 N–H and O–H groups in total. The predicted octanol–water partition coefficient (Wildman–Crippen LogP) is 0.971. The molecule has 0 saturated heterocycles. The maximum absolute atomic E-state index is 12.1. The fourth-order valence-corrected chi connectivity index (χ4v) is 1.94. The average molecular weight is 252 g/mol. The van der Waals surface area contributed by atoms with E-state index in [4.69, 9.17) is 5.11 Å². The van der Waals surface area contributed by atoms with E-state index in [0.717, 1.165) is 25.0 Å². The van der Waals surface area contributed by atoms with Gasteiger partial charge in [0.2, 0.25) is 0 Å². The Hall–Kier alpha value is -1.56. The molecule has 100 valence electrons. The third-order valence-corrected chi connectivity index (χ3v) is 3.12. The molecule has 2 amide bonds. The molecule has 0 radical (unpaired) electrons. The van der Waals surface area contributed by atoms with Gasteiger partial charge in [0.05, 0.1) is 12.3 Å². The molecule has 0 aliphatic heterocycles. The van der Waals surface area contributed by atoms with Crippen molar-refractivity contribution < 1.29 is 9.90 Å². The highest BCUT2D eigenvalue weighted by Gasteiger charge is 2.32. The van der Waals surface area contributed by atoms with Gasteiger partial charge in [-0.25, -0.2) is 4.79 Å². The molecule has 0 bridgehead atoms. The van der Waals surface area contributed by atoms with Crippen LogP contribution in [0.1, 0.15) is 25.5 Å². The molecule has 0 unspecified atom stereocenters. The number of rotatable bonds is 5. The maximum atomic E-state index is 12.1. The first kappa shape index (κ1) is 12.9. The van der Waals surface area contributed by atoms with Crippen molar-refractivity contribution in [2.45, 2.75) is 32.2 Å². The van der Waals surface area contributed by atoms with E-state index in [1.807, 2.05) is 20.0 Å². The van der Waals surface area contributed by atoms with Gasteiger partial charge in [-0.15, -0.1) is 0 Å². The molecule has 18 heavy (non-hydrogen) atoms. The molecule has 1 aromatic rings. The van der Waals surface area contributed by atoms with Gasteiger partial charge < -0.3 is 10.0 Å². The first-order valence-corrected chi connectivity index (χ1v) is 6.37. The van der Waals surface area contributed by atoms with Crippen molar-refractivity contribution in [2.24, 2.45) is 7.05 Å². The summed E-state index contributed by atoms with van der Waals surface area (Å²) in [5.74, 6) is 0.695. The lowest BCUT2D eigenvalue weighted by molar-refractivity contribution is 0.185. The van der Waals surface area contributed by atoms with Crippen molar-refractivity contribution >= 4 is 11.8 Å². The van der Waals surface area contributed by atoms with E-state index in [0.29, 0.717) is 12.4 Å². The highest BCUT2D eigenvalue weighted by Crippen LogP contribution is 2.27. The minimum Gasteiger partial charge on any atom is -0.395 e. The molecule has 1 fully saturated rings. The zero-order valence-corrected chi connectivity index (χ0v) is 10.9. The molecule has 1 aliphatic carbocycles. The Balaban J connectivity index is 2.02. The van der Waals surface area contributed by atoms with Crippen molar-refractivity contribution in [3.05, 3.63) is 11.8 Å². The second kappa shape index (κ2) is 5.39. The van der Waals surface area contributed by atoms with Crippen LogP contribution in [0.15, 0.2) is 6.07 Å². The number of urea groups is 1. The molecular formula is C12H20N4O2. The van der Waals surface area contributed by atoms with Crippen LogP contribution in [0, 0.1) is 0 Å². The Bertz CT molecular complexity index is 426. The van der Waals surface area contributed by atoms with Crippen molar-refractivity contribution in [1.82, 2.24) is 14.7 Å². The second-order valence-electron chi connectivity index (χ2n) is 4.58. The number of aliphatic hydroxyl groups is 1. The summed E-state index contributed by atoms with van der Waals surface area (Å²) in [6, 6.07) is 2.01. The Morgan fingerprint density at radius 1 is 1.67 bits per heavy atom. The van der Waals surface area contributed by atoms with Gasteiger partial charge >= 0.3 is 6.03 Å². The summed E-state index contributed by atoms with van der Waals surface area (Å²) in [7, 11) is 1.81. The topological polar surface area (TPSA) is 70.4 Å². The normalized spacial score (nSPS) is 14.6. The molecule has 1 aromatic heterocycles. The standard InChI is InChI=1S/C12H20N4O2/c1-3-9-8-11(15(2)14-9)13-12(18)16(6-7-17)10-4-5-10/h8,10,17H,3-7H2,1-2H3,(H,13,18). The molecule has 0 spiro atoms. The van der Waals surface area contributed by atoms with Crippen molar-refractivity contribution in [2.75, 3.05) is 18.5 Å². The lowest BCUT2D eigenvalue weighted by Crippen LogP contribution is -2.39. The molecule has 0 aromatic carbocycles. The van der Waals surface area contributed by atoms with Gasteiger partial charge in [0.1, 0.15) is 5.82 Å². The van der Waals surface area contributed by atoms with Gasteiger partial charge in [-0.3, -0.25) is 10.00 Å². The van der Waals surface area contributed by atoms with Gasteiger partial charge in [-0.05, 0) is 19.3 Å². The number of carbonyl (C=O) groups is 1. The SMILES string of the molecule is CCc1cc(NC(=O)N(CCO)C2CC2)n(C)n1. The van der Waals surface area contributed by atoms with Gasteiger partial charge in [0, 0.05) is 25.7 Å². The van der Waals surface area contributed by atoms with E-state index in [-0.39, 0.29) is 18.7 Å². The van der Waals surface area contributed by atoms with Gasteiger partial charge in [-0.2, -0.15) is 5.10 Å². The smallest absolute Gasteiger partial charge is 0.323 e. The number of carbonyl (C=O) groups excluding carboxylic acids is 1. The number of aryl methyl sites for hydroxylation is 2. The molecule has 6 heteroatoms. The molecule has 6 nitrogen and oxygen atoms in total. The summed E-state index contributed by atoms with van der Waals surface area (Å²) in [5.41, 5.74) is 0.952. The molecular weight excluding hydrogens is 232 g/mol. The van der Waals surface area contributed by atoms with Gasteiger partial charge in [0.15, 0.2) is 0 Å². The highest BCUT2D eigenvalue weighted by molar-refractivity contribution is 5.88. The highest BCUT2D eigenvalue weighted by atomic mass is 16.3. The maximum Gasteiger partial charge on any atom is 0.323 e. The first-order valence-electron chi connectivity index (χ1n) is 6.37. The number of hydrogen-bond acceptors (Lipinski definition) is 3. The van der Waals surface area contributed by atoms with Crippen LogP contribution in [0.4, 0.5) is 10.6 Å². The Morgan fingerprint density at radius 2 is 2.39 bits per heavy atom. The van der Waals surface area contributed by atoms with Crippen LogP contribution in [0.25, 0.3) is 0 Å². The summed E-state index contributed by atoms with van der Waals surface area (Å²) in [4.78, 5) is 13.8. The van der Waals surface area contributed by atoms with Crippen molar-refractivity contribution in [1.29, 1.82) is 0 Å². The van der Waals surface area contributed by atoms with E-state index in [2.05, 4.69) is 10.4 Å². The molecule has 1 saturated carbocycles. The van der Waals surface area contributed by atoms with Crippen LogP contribution in [0.3, 0.4) is 0 Å². The second-order valence-corrected chi connectivity index (χ2v) is 4.58. The lowest BCUT2D eigenvalue weighted by atomic mass is 10.3. The van der Waals surface area contributed by atoms with Crippen LogP contribution in [-0.4, -0.2) is 45.0 Å². The Morgan fingerprint density at radius 3 is 2.89 bits per heavy atom. The number of aliphatic hydroxyl groups excluding tert-OH is 1. The molecule has 2 rings (SSSR count). The Labute approximate surface area is 107 Å². The van der Waals surface area contributed by atoms with Crippen LogP contribution >= 0.6 is 0 Å². The van der Waals surface area contributed by atoms with E-state index in [9.17, 15) is 4.79 Å². The fourth-order valence-electron chi connectivity index (χ4n) is 1.94. The number of anilines is 1. The number of amides is 2. The zero-order valence-electron chi connectivity index (χ0n) is 10.9. The predicted molar refractivity (Wildman–Crippen MR) is 68.4 cm³/mol. The third kappa shape index (κ3) is 2.81. The van der Waals surface area contributed by atoms with Crippen LogP contribution in [0.2, 0.25) is 0 Å². The number of hydrogen-bond donors (Lipinski definition) is 2. The zero-order chi connectivity index (χ0) is 13.1. The minimum absolute atomic E-state index is 0.00445. The summed E-state index contributed by atoms with van der Waals surface area (Å²) < 4.78 is 1.67. The van der Waals surface area contributed by atoms with E-state index in [1.54, 1.807) is 9.58 Å². The van der Waals surface area contributed by atoms with Gasteiger partial charge in [-0.1, -0.05) is 6.92 Å². The van der Waals surface area contributed by atoms with E-state index < -0.39 is 0 Å². The third-order valence-electron chi connectivity index (χ3n) is 3.12. The summed E-state index contributed by atoms with van der Waals surface area (Å²) in [5, 5.41) is 16.1. The average Bonchev–Trinajstić information content (AvgIpc) is 3.12. The lowest BCUT2D eigenvalue weighted by Gasteiger charge is -2.21. The van der Waals surface area contributed by atoms with Crippen molar-refractivity contribution in [3.8, 4) is 0 Å². The number of nitrogens with one attached hydrogen (secondary N) is 1. The number of aromatic nitrogens is 2. The summed E-state index contributed by atoms with van der Waals surface area (Å²) in [6.45, 7) is 2.40. The number of nitrogens with zero attached hydrogens (tertiary/aromatic N) is 3.